The molecule has 62 valence electrons. The van der Waals surface area contributed by atoms with Gasteiger partial charge in [0.25, 0.3) is 0 Å². The van der Waals surface area contributed by atoms with E-state index >= 15 is 0 Å². The molecule has 10 heavy (non-hydrogen) atoms. The molecule has 0 aliphatic heterocycles. The number of hydrogen-bond donors (Lipinski definition) is 1. The first-order chi connectivity index (χ1) is 4.48. The van der Waals surface area contributed by atoms with Crippen LogP contribution in [0, 0.1) is 0 Å². The minimum Gasteiger partial charge on any atom is -0.328 e. The maximum Gasteiger partial charge on any atom is 0.119 e. The zero-order chi connectivity index (χ0) is 8.20. The largest absolute Gasteiger partial charge is 0.328 e. The third-order valence-corrected chi connectivity index (χ3v) is 1.92. The van der Waals surface area contributed by atoms with Crippen molar-refractivity contribution in [2.75, 3.05) is 0 Å². The Balaban J connectivity index is 3.63. The highest BCUT2D eigenvalue weighted by molar-refractivity contribution is 6.48. The summed E-state index contributed by atoms with van der Waals surface area (Å²) in [4.78, 5) is 0. The van der Waals surface area contributed by atoms with Gasteiger partial charge in [-0.15, -0.1) is 23.2 Å². The summed E-state index contributed by atoms with van der Waals surface area (Å²) in [5, 5.41) is 0. The first-order valence-electron chi connectivity index (χ1n) is 3.61. The van der Waals surface area contributed by atoms with Crippen LogP contribution in [0.4, 0.5) is 0 Å². The van der Waals surface area contributed by atoms with Crippen molar-refractivity contribution in [3.8, 4) is 0 Å². The minimum absolute atomic E-state index is 0.0848. The molecule has 0 aliphatic rings. The lowest BCUT2D eigenvalue weighted by atomic mass is 10.1. The Hall–Kier alpha value is 0.540. The maximum atomic E-state index is 5.92. The van der Waals surface area contributed by atoms with Crippen molar-refractivity contribution in [3.63, 3.8) is 0 Å². The Bertz CT molecular complexity index is 91.6. The molecule has 0 bridgehead atoms. The predicted molar refractivity (Wildman–Crippen MR) is 47.6 cm³/mol. The van der Waals surface area contributed by atoms with E-state index in [4.69, 9.17) is 28.9 Å². The van der Waals surface area contributed by atoms with Crippen molar-refractivity contribution in [2.45, 2.75) is 43.5 Å². The van der Waals surface area contributed by atoms with Crippen LogP contribution in [0.15, 0.2) is 0 Å². The van der Waals surface area contributed by atoms with Crippen molar-refractivity contribution in [1.29, 1.82) is 0 Å². The lowest BCUT2D eigenvalue weighted by molar-refractivity contribution is 0.560. The van der Waals surface area contributed by atoms with Gasteiger partial charge in [-0.25, -0.2) is 0 Å². The molecule has 0 radical (unpaired) electrons. The quantitative estimate of drug-likeness (QED) is 0.668. The summed E-state index contributed by atoms with van der Waals surface area (Å²) in [7, 11) is 0. The van der Waals surface area contributed by atoms with E-state index in [-0.39, 0.29) is 6.04 Å². The topological polar surface area (TPSA) is 26.0 Å². The summed E-state index contributed by atoms with van der Waals surface area (Å²) in [6.07, 6.45) is 2.49. The van der Waals surface area contributed by atoms with E-state index in [2.05, 4.69) is 6.92 Å². The second-order valence-electron chi connectivity index (χ2n) is 2.79. The average Bonchev–Trinajstić information content (AvgIpc) is 1.59. The predicted octanol–water partition coefficient (Wildman–Crippen LogP) is 2.70. The summed E-state index contributed by atoms with van der Waals surface area (Å²) in [5.74, 6) is 0. The smallest absolute Gasteiger partial charge is 0.119 e. The Labute approximate surface area is 72.9 Å². The fourth-order valence-electron chi connectivity index (χ4n) is 0.939. The summed E-state index contributed by atoms with van der Waals surface area (Å²) in [5.41, 5.74) is 5.54. The van der Waals surface area contributed by atoms with Crippen molar-refractivity contribution >= 4 is 23.2 Å². The fraction of sp³-hybridized carbons (Fsp3) is 1.00. The number of halogens is 2. The molecular weight excluding hydrogens is 169 g/mol. The molecule has 1 atom stereocenters. The second kappa shape index (κ2) is 4.42. The highest BCUT2D eigenvalue weighted by Gasteiger charge is 2.23. The fourth-order valence-corrected chi connectivity index (χ4v) is 1.80. The summed E-state index contributed by atoms with van der Waals surface area (Å²) in [6.45, 7) is 3.97. The molecule has 0 spiro atoms. The van der Waals surface area contributed by atoms with Crippen LogP contribution >= 0.6 is 23.2 Å². The molecule has 3 heteroatoms. The maximum absolute atomic E-state index is 5.92. The van der Waals surface area contributed by atoms with Gasteiger partial charge in [-0.05, 0) is 19.8 Å². The van der Waals surface area contributed by atoms with Gasteiger partial charge in [-0.3, -0.25) is 0 Å². The monoisotopic (exact) mass is 183 g/mol. The van der Waals surface area contributed by atoms with Gasteiger partial charge < -0.3 is 5.73 Å². The van der Waals surface area contributed by atoms with Crippen LogP contribution in [-0.2, 0) is 0 Å². The molecule has 0 aromatic carbocycles. The van der Waals surface area contributed by atoms with Crippen LogP contribution in [0.5, 0.6) is 0 Å². The third kappa shape index (κ3) is 5.33. The molecule has 0 amide bonds. The van der Waals surface area contributed by atoms with E-state index in [0.717, 1.165) is 12.8 Å². The molecule has 0 rings (SSSR count). The van der Waals surface area contributed by atoms with Crippen LogP contribution in [0.3, 0.4) is 0 Å². The highest BCUT2D eigenvalue weighted by atomic mass is 35.5. The average molecular weight is 184 g/mol. The molecule has 1 nitrogen and oxygen atoms in total. The molecule has 0 aliphatic carbocycles. The van der Waals surface area contributed by atoms with Gasteiger partial charge in [0.05, 0.1) is 0 Å². The van der Waals surface area contributed by atoms with Gasteiger partial charge >= 0.3 is 0 Å². The highest BCUT2D eigenvalue weighted by Crippen LogP contribution is 2.31. The van der Waals surface area contributed by atoms with Gasteiger partial charge in [0.15, 0.2) is 0 Å². The summed E-state index contributed by atoms with van der Waals surface area (Å²) in [6, 6.07) is 0.0848. The first-order valence-corrected chi connectivity index (χ1v) is 4.37. The zero-order valence-electron chi connectivity index (χ0n) is 6.53. The Morgan fingerprint density at radius 1 is 1.50 bits per heavy atom. The van der Waals surface area contributed by atoms with Crippen molar-refractivity contribution < 1.29 is 0 Å². The van der Waals surface area contributed by atoms with Crippen molar-refractivity contribution in [2.24, 2.45) is 5.73 Å². The SMILES string of the molecule is CCCC(Cl)(Cl)CC(C)N. The van der Waals surface area contributed by atoms with E-state index in [0.29, 0.717) is 6.42 Å². The van der Waals surface area contributed by atoms with E-state index < -0.39 is 4.33 Å². The zero-order valence-corrected chi connectivity index (χ0v) is 8.04. The molecule has 0 heterocycles. The number of alkyl halides is 2. The Kier molecular flexibility index (Phi) is 4.66. The van der Waals surface area contributed by atoms with E-state index in [1.165, 1.54) is 0 Å². The molecule has 1 unspecified atom stereocenters. The molecular formula is C7H15Cl2N. The molecule has 0 saturated carbocycles. The molecule has 0 aromatic heterocycles. The van der Waals surface area contributed by atoms with Gasteiger partial charge in [-0.2, -0.15) is 0 Å². The standard InChI is InChI=1S/C7H15Cl2N/c1-3-4-7(8,9)5-6(2)10/h6H,3-5,10H2,1-2H3. The summed E-state index contributed by atoms with van der Waals surface area (Å²) < 4.78 is -0.608. The third-order valence-electron chi connectivity index (χ3n) is 1.24. The minimum atomic E-state index is -0.608. The van der Waals surface area contributed by atoms with E-state index in [1.54, 1.807) is 0 Å². The number of rotatable bonds is 4. The van der Waals surface area contributed by atoms with Crippen molar-refractivity contribution in [3.05, 3.63) is 0 Å². The molecule has 2 N–H and O–H groups in total. The second-order valence-corrected chi connectivity index (χ2v) is 4.43. The van der Waals surface area contributed by atoms with Crippen LogP contribution in [0.25, 0.3) is 0 Å². The van der Waals surface area contributed by atoms with Crippen LogP contribution in [0.1, 0.15) is 33.1 Å². The normalized spacial score (nSPS) is 15.3. The Morgan fingerprint density at radius 3 is 2.30 bits per heavy atom. The summed E-state index contributed by atoms with van der Waals surface area (Å²) >= 11 is 11.8. The van der Waals surface area contributed by atoms with Gasteiger partial charge in [0, 0.05) is 6.04 Å². The van der Waals surface area contributed by atoms with Crippen LogP contribution < -0.4 is 5.73 Å². The molecule has 0 fully saturated rings. The number of hydrogen-bond acceptors (Lipinski definition) is 1. The van der Waals surface area contributed by atoms with Gasteiger partial charge in [0.1, 0.15) is 4.33 Å². The Morgan fingerprint density at radius 2 is 2.00 bits per heavy atom. The van der Waals surface area contributed by atoms with Gasteiger partial charge in [0.2, 0.25) is 0 Å². The van der Waals surface area contributed by atoms with Crippen molar-refractivity contribution in [1.82, 2.24) is 0 Å². The van der Waals surface area contributed by atoms with E-state index in [9.17, 15) is 0 Å². The molecule has 0 saturated heterocycles. The lowest BCUT2D eigenvalue weighted by Crippen LogP contribution is -2.25. The number of nitrogens with two attached hydrogens (primary N) is 1. The van der Waals surface area contributed by atoms with E-state index in [1.807, 2.05) is 6.92 Å². The lowest BCUT2D eigenvalue weighted by Gasteiger charge is -2.20. The van der Waals surface area contributed by atoms with Gasteiger partial charge in [-0.1, -0.05) is 13.3 Å². The van der Waals surface area contributed by atoms with Crippen LogP contribution in [-0.4, -0.2) is 10.4 Å². The van der Waals surface area contributed by atoms with Crippen LogP contribution in [0.2, 0.25) is 0 Å². The first kappa shape index (κ1) is 10.5. The molecule has 0 aromatic rings.